The van der Waals surface area contributed by atoms with E-state index in [0.29, 0.717) is 35.6 Å². The molecule has 0 N–H and O–H groups in total. The van der Waals surface area contributed by atoms with E-state index >= 15 is 0 Å². The molecule has 0 saturated carbocycles. The highest BCUT2D eigenvalue weighted by Gasteiger charge is 2.21. The van der Waals surface area contributed by atoms with Crippen LogP contribution in [0.1, 0.15) is 5.89 Å². The molecule has 7 nitrogen and oxygen atoms in total. The summed E-state index contributed by atoms with van der Waals surface area (Å²) in [5.74, 6) is 1.76. The van der Waals surface area contributed by atoms with E-state index in [4.69, 9.17) is 20.9 Å². The van der Waals surface area contributed by atoms with Crippen molar-refractivity contribution >= 4 is 23.2 Å². The molecule has 0 aliphatic carbocycles. The number of hydrogen-bond donors (Lipinski definition) is 0. The zero-order valence-corrected chi connectivity index (χ0v) is 16.8. The number of rotatable bonds is 5. The van der Waals surface area contributed by atoms with Crippen molar-refractivity contribution in [2.24, 2.45) is 0 Å². The lowest BCUT2D eigenvalue weighted by atomic mass is 10.1. The van der Waals surface area contributed by atoms with E-state index in [1.165, 1.54) is 0 Å². The molecule has 3 aromatic rings. The monoisotopic (exact) mass is 412 g/mol. The molecule has 4 rings (SSSR count). The summed E-state index contributed by atoms with van der Waals surface area (Å²) in [6.07, 6.45) is 0. The van der Waals surface area contributed by atoms with Crippen LogP contribution in [0, 0.1) is 6.92 Å². The van der Waals surface area contributed by atoms with Crippen LogP contribution in [0.15, 0.2) is 53.1 Å². The van der Waals surface area contributed by atoms with Gasteiger partial charge in [-0.25, -0.2) is 0 Å². The number of piperazine rings is 1. The number of anilines is 1. The standard InChI is InChI=1S/C21H21ClN4O3/c1-15-23-21(24-29-15)16-2-6-18(7-3-16)25-10-12-26(13-11-25)20(27)14-28-19-8-4-17(22)5-9-19/h2-9H,10-14H2,1H3. The smallest absolute Gasteiger partial charge is 0.260 e. The van der Waals surface area contributed by atoms with Gasteiger partial charge in [0.1, 0.15) is 5.75 Å². The molecule has 1 aliphatic heterocycles. The van der Waals surface area contributed by atoms with Crippen molar-refractivity contribution in [3.05, 3.63) is 59.4 Å². The maximum Gasteiger partial charge on any atom is 0.260 e. The first-order valence-electron chi connectivity index (χ1n) is 9.40. The number of hydrogen-bond acceptors (Lipinski definition) is 6. The Labute approximate surface area is 173 Å². The van der Waals surface area contributed by atoms with Gasteiger partial charge in [-0.15, -0.1) is 0 Å². The second-order valence-corrected chi connectivity index (χ2v) is 7.23. The van der Waals surface area contributed by atoms with Crippen molar-refractivity contribution in [3.63, 3.8) is 0 Å². The fraction of sp³-hybridized carbons (Fsp3) is 0.286. The van der Waals surface area contributed by atoms with Crippen molar-refractivity contribution in [3.8, 4) is 17.1 Å². The lowest BCUT2D eigenvalue weighted by Gasteiger charge is -2.36. The van der Waals surface area contributed by atoms with Gasteiger partial charge in [-0.3, -0.25) is 4.79 Å². The highest BCUT2D eigenvalue weighted by Crippen LogP contribution is 2.22. The lowest BCUT2D eigenvalue weighted by molar-refractivity contribution is -0.133. The minimum atomic E-state index is -0.0116. The predicted octanol–water partition coefficient (Wildman–Crippen LogP) is 3.43. The Bertz CT molecular complexity index is 964. The number of amides is 1. The van der Waals surface area contributed by atoms with Crippen molar-refractivity contribution < 1.29 is 14.1 Å². The maximum absolute atomic E-state index is 12.4. The molecular formula is C21H21ClN4O3. The zero-order chi connectivity index (χ0) is 20.2. The molecule has 0 atom stereocenters. The highest BCUT2D eigenvalue weighted by atomic mass is 35.5. The number of carbonyl (C=O) groups is 1. The normalized spacial score (nSPS) is 14.1. The molecule has 1 saturated heterocycles. The average molecular weight is 413 g/mol. The number of aryl methyl sites for hydroxylation is 1. The Morgan fingerprint density at radius 1 is 1.07 bits per heavy atom. The van der Waals surface area contributed by atoms with E-state index in [1.54, 1.807) is 31.2 Å². The lowest BCUT2D eigenvalue weighted by Crippen LogP contribution is -2.50. The van der Waals surface area contributed by atoms with Gasteiger partial charge in [0, 0.05) is 49.4 Å². The van der Waals surface area contributed by atoms with E-state index in [9.17, 15) is 4.79 Å². The van der Waals surface area contributed by atoms with Crippen LogP contribution >= 0.6 is 11.6 Å². The summed E-state index contributed by atoms with van der Waals surface area (Å²) in [4.78, 5) is 20.8. The van der Waals surface area contributed by atoms with Crippen molar-refractivity contribution in [1.82, 2.24) is 15.0 Å². The van der Waals surface area contributed by atoms with Gasteiger partial charge in [0.2, 0.25) is 11.7 Å². The molecule has 2 heterocycles. The van der Waals surface area contributed by atoms with E-state index in [2.05, 4.69) is 15.0 Å². The Hall–Kier alpha value is -3.06. The van der Waals surface area contributed by atoms with Crippen LogP contribution in [0.2, 0.25) is 5.02 Å². The second kappa shape index (κ2) is 8.53. The number of halogens is 1. The van der Waals surface area contributed by atoms with E-state index in [-0.39, 0.29) is 12.5 Å². The first-order chi connectivity index (χ1) is 14.1. The van der Waals surface area contributed by atoms with Crippen LogP contribution in [0.4, 0.5) is 5.69 Å². The van der Waals surface area contributed by atoms with Gasteiger partial charge in [-0.2, -0.15) is 4.98 Å². The van der Waals surface area contributed by atoms with Gasteiger partial charge in [-0.05, 0) is 48.5 Å². The van der Waals surface area contributed by atoms with Crippen molar-refractivity contribution in [1.29, 1.82) is 0 Å². The second-order valence-electron chi connectivity index (χ2n) is 6.79. The Balaban J connectivity index is 1.28. The number of aromatic nitrogens is 2. The first-order valence-corrected chi connectivity index (χ1v) is 9.78. The summed E-state index contributed by atoms with van der Waals surface area (Å²) in [5.41, 5.74) is 2.03. The molecule has 29 heavy (non-hydrogen) atoms. The minimum absolute atomic E-state index is 0.0116. The molecule has 8 heteroatoms. The maximum atomic E-state index is 12.4. The van der Waals surface area contributed by atoms with Crippen LogP contribution in [0.3, 0.4) is 0 Å². The molecule has 0 unspecified atom stereocenters. The average Bonchev–Trinajstić information content (AvgIpc) is 3.20. The fourth-order valence-electron chi connectivity index (χ4n) is 3.22. The van der Waals surface area contributed by atoms with Crippen molar-refractivity contribution in [2.45, 2.75) is 6.92 Å². The van der Waals surface area contributed by atoms with Gasteiger partial charge in [0.25, 0.3) is 5.91 Å². The molecule has 0 radical (unpaired) electrons. The summed E-state index contributed by atoms with van der Waals surface area (Å²) in [7, 11) is 0. The van der Waals surface area contributed by atoms with Crippen LogP contribution < -0.4 is 9.64 Å². The molecular weight excluding hydrogens is 392 g/mol. The fourth-order valence-corrected chi connectivity index (χ4v) is 3.35. The number of ether oxygens (including phenoxy) is 1. The van der Waals surface area contributed by atoms with Crippen LogP contribution in [-0.2, 0) is 4.79 Å². The zero-order valence-electron chi connectivity index (χ0n) is 16.0. The van der Waals surface area contributed by atoms with Gasteiger partial charge in [0.05, 0.1) is 0 Å². The van der Waals surface area contributed by atoms with E-state index < -0.39 is 0 Å². The molecule has 1 fully saturated rings. The van der Waals surface area contributed by atoms with E-state index in [1.807, 2.05) is 29.2 Å². The molecule has 1 aliphatic rings. The highest BCUT2D eigenvalue weighted by molar-refractivity contribution is 6.30. The molecule has 0 spiro atoms. The molecule has 0 bridgehead atoms. The van der Waals surface area contributed by atoms with Gasteiger partial charge in [0.15, 0.2) is 6.61 Å². The summed E-state index contributed by atoms with van der Waals surface area (Å²) in [5, 5.41) is 4.58. The molecule has 1 amide bonds. The third kappa shape index (κ3) is 4.68. The SMILES string of the molecule is Cc1nc(-c2ccc(N3CCN(C(=O)COc4ccc(Cl)cc4)CC3)cc2)no1. The summed E-state index contributed by atoms with van der Waals surface area (Å²) in [6.45, 7) is 4.66. The van der Waals surface area contributed by atoms with Crippen LogP contribution in [-0.4, -0.2) is 53.7 Å². The Morgan fingerprint density at radius 2 is 1.76 bits per heavy atom. The minimum Gasteiger partial charge on any atom is -0.484 e. The Kier molecular flexibility index (Phi) is 5.67. The largest absolute Gasteiger partial charge is 0.484 e. The van der Waals surface area contributed by atoms with Crippen LogP contribution in [0.25, 0.3) is 11.4 Å². The van der Waals surface area contributed by atoms with Crippen LogP contribution in [0.5, 0.6) is 5.75 Å². The van der Waals surface area contributed by atoms with Gasteiger partial charge >= 0.3 is 0 Å². The molecule has 150 valence electrons. The summed E-state index contributed by atoms with van der Waals surface area (Å²) < 4.78 is 10.6. The first kappa shape index (κ1) is 19.3. The summed E-state index contributed by atoms with van der Waals surface area (Å²) in [6, 6.07) is 15.1. The predicted molar refractivity (Wildman–Crippen MR) is 110 cm³/mol. The van der Waals surface area contributed by atoms with E-state index in [0.717, 1.165) is 24.3 Å². The molecule has 1 aromatic heterocycles. The van der Waals surface area contributed by atoms with Gasteiger partial charge < -0.3 is 19.1 Å². The third-order valence-electron chi connectivity index (χ3n) is 4.83. The molecule has 2 aromatic carbocycles. The topological polar surface area (TPSA) is 71.7 Å². The number of nitrogens with zero attached hydrogens (tertiary/aromatic N) is 4. The summed E-state index contributed by atoms with van der Waals surface area (Å²) >= 11 is 5.86. The third-order valence-corrected chi connectivity index (χ3v) is 5.08. The number of benzene rings is 2. The quantitative estimate of drug-likeness (QED) is 0.639. The number of carbonyl (C=O) groups excluding carboxylic acids is 1. The van der Waals surface area contributed by atoms with Gasteiger partial charge in [-0.1, -0.05) is 16.8 Å². The van der Waals surface area contributed by atoms with Crippen molar-refractivity contribution in [2.75, 3.05) is 37.7 Å². The Morgan fingerprint density at radius 3 is 2.38 bits per heavy atom.